The van der Waals surface area contributed by atoms with Gasteiger partial charge in [0.05, 0.1) is 0 Å². The SMILES string of the molecule is CC(NC(=O)NCc1ccnc(N2CCN(C)CC2)c1)C1CC1. The summed E-state index contributed by atoms with van der Waals surface area (Å²) in [5.74, 6) is 1.68. The van der Waals surface area contributed by atoms with Crippen molar-refractivity contribution < 1.29 is 4.79 Å². The molecule has 1 atom stereocenters. The van der Waals surface area contributed by atoms with Crippen molar-refractivity contribution in [2.45, 2.75) is 32.4 Å². The molecular formula is C17H27N5O. The van der Waals surface area contributed by atoms with Crippen LogP contribution in [0.15, 0.2) is 18.3 Å². The number of likely N-dealkylation sites (N-methyl/N-ethyl adjacent to an activating group) is 1. The van der Waals surface area contributed by atoms with E-state index in [9.17, 15) is 4.79 Å². The third-order valence-corrected chi connectivity index (χ3v) is 4.78. The fourth-order valence-electron chi connectivity index (χ4n) is 2.93. The summed E-state index contributed by atoms with van der Waals surface area (Å²) in [5, 5.41) is 5.96. The maximum absolute atomic E-state index is 11.9. The van der Waals surface area contributed by atoms with Crippen LogP contribution in [0.3, 0.4) is 0 Å². The molecule has 2 fully saturated rings. The topological polar surface area (TPSA) is 60.5 Å². The molecule has 1 aromatic heterocycles. The zero-order valence-corrected chi connectivity index (χ0v) is 14.1. The minimum Gasteiger partial charge on any atom is -0.354 e. The van der Waals surface area contributed by atoms with Crippen molar-refractivity contribution >= 4 is 11.8 Å². The second kappa shape index (κ2) is 7.17. The minimum absolute atomic E-state index is 0.0811. The van der Waals surface area contributed by atoms with E-state index < -0.39 is 0 Å². The van der Waals surface area contributed by atoms with E-state index in [2.05, 4.69) is 45.5 Å². The van der Waals surface area contributed by atoms with E-state index in [1.165, 1.54) is 12.8 Å². The molecule has 0 aromatic carbocycles. The monoisotopic (exact) mass is 317 g/mol. The number of rotatable bonds is 5. The maximum Gasteiger partial charge on any atom is 0.315 e. The average molecular weight is 317 g/mol. The molecular weight excluding hydrogens is 290 g/mol. The van der Waals surface area contributed by atoms with Crippen LogP contribution in [0.2, 0.25) is 0 Å². The summed E-state index contributed by atoms with van der Waals surface area (Å²) in [6.07, 6.45) is 4.30. The van der Waals surface area contributed by atoms with E-state index in [0.29, 0.717) is 12.5 Å². The van der Waals surface area contributed by atoms with E-state index in [4.69, 9.17) is 0 Å². The normalized spacial score (nSPS) is 20.2. The molecule has 126 valence electrons. The Balaban J connectivity index is 1.50. The van der Waals surface area contributed by atoms with Gasteiger partial charge >= 0.3 is 6.03 Å². The first kappa shape index (κ1) is 16.1. The lowest BCUT2D eigenvalue weighted by Crippen LogP contribution is -2.44. The molecule has 1 aromatic rings. The summed E-state index contributed by atoms with van der Waals surface area (Å²) in [5.41, 5.74) is 1.09. The van der Waals surface area contributed by atoms with E-state index in [0.717, 1.165) is 37.6 Å². The number of hydrogen-bond acceptors (Lipinski definition) is 4. The number of amides is 2. The standard InChI is InChI=1S/C17H27N5O/c1-13(15-3-4-15)20-17(23)19-12-14-5-6-18-16(11-14)22-9-7-21(2)8-10-22/h5-6,11,13,15H,3-4,7-10,12H2,1-2H3,(H2,19,20,23). The summed E-state index contributed by atoms with van der Waals surface area (Å²) in [7, 11) is 2.15. The highest BCUT2D eigenvalue weighted by atomic mass is 16.2. The van der Waals surface area contributed by atoms with Gasteiger partial charge in [-0.1, -0.05) is 0 Å². The van der Waals surface area contributed by atoms with Crippen molar-refractivity contribution in [1.82, 2.24) is 20.5 Å². The highest BCUT2D eigenvalue weighted by molar-refractivity contribution is 5.74. The van der Waals surface area contributed by atoms with Crippen LogP contribution in [0, 0.1) is 5.92 Å². The molecule has 1 unspecified atom stereocenters. The van der Waals surface area contributed by atoms with Gasteiger partial charge in [0.15, 0.2) is 0 Å². The van der Waals surface area contributed by atoms with Crippen molar-refractivity contribution in [2.24, 2.45) is 5.92 Å². The summed E-state index contributed by atoms with van der Waals surface area (Å²) < 4.78 is 0. The van der Waals surface area contributed by atoms with Crippen LogP contribution in [0.1, 0.15) is 25.3 Å². The van der Waals surface area contributed by atoms with E-state index in [-0.39, 0.29) is 12.1 Å². The van der Waals surface area contributed by atoms with Crippen molar-refractivity contribution in [3.05, 3.63) is 23.9 Å². The molecule has 2 heterocycles. The molecule has 0 bridgehead atoms. The fraction of sp³-hybridized carbons (Fsp3) is 0.647. The number of carbonyl (C=O) groups is 1. The molecule has 2 N–H and O–H groups in total. The van der Waals surface area contributed by atoms with Gasteiger partial charge in [0.2, 0.25) is 0 Å². The fourth-order valence-corrected chi connectivity index (χ4v) is 2.93. The first-order chi connectivity index (χ1) is 11.1. The molecule has 6 heteroatoms. The molecule has 1 aliphatic heterocycles. The van der Waals surface area contributed by atoms with Gasteiger partial charge in [-0.15, -0.1) is 0 Å². The van der Waals surface area contributed by atoms with Gasteiger partial charge in [0, 0.05) is 45.0 Å². The Kier molecular flexibility index (Phi) is 5.00. The van der Waals surface area contributed by atoms with Crippen LogP contribution >= 0.6 is 0 Å². The number of nitrogens with one attached hydrogen (secondary N) is 2. The van der Waals surface area contributed by atoms with Crippen LogP contribution in [-0.2, 0) is 6.54 Å². The zero-order chi connectivity index (χ0) is 16.2. The first-order valence-electron chi connectivity index (χ1n) is 8.54. The van der Waals surface area contributed by atoms with Crippen molar-refractivity contribution in [2.75, 3.05) is 38.1 Å². The van der Waals surface area contributed by atoms with E-state index in [1.54, 1.807) is 0 Å². The number of hydrogen-bond donors (Lipinski definition) is 2. The number of pyridine rings is 1. The quantitative estimate of drug-likeness (QED) is 0.862. The Morgan fingerprint density at radius 2 is 2.09 bits per heavy atom. The molecule has 1 aliphatic carbocycles. The van der Waals surface area contributed by atoms with Crippen molar-refractivity contribution in [1.29, 1.82) is 0 Å². The smallest absolute Gasteiger partial charge is 0.315 e. The predicted molar refractivity (Wildman–Crippen MR) is 91.5 cm³/mol. The molecule has 1 saturated heterocycles. The zero-order valence-electron chi connectivity index (χ0n) is 14.1. The lowest BCUT2D eigenvalue weighted by Gasteiger charge is -2.33. The molecule has 0 spiro atoms. The van der Waals surface area contributed by atoms with Gasteiger partial charge in [0.25, 0.3) is 0 Å². The Morgan fingerprint density at radius 3 is 2.78 bits per heavy atom. The van der Waals surface area contributed by atoms with Gasteiger partial charge in [-0.2, -0.15) is 0 Å². The van der Waals surface area contributed by atoms with Crippen molar-refractivity contribution in [3.8, 4) is 0 Å². The molecule has 2 aliphatic rings. The van der Waals surface area contributed by atoms with Crippen LogP contribution in [0.25, 0.3) is 0 Å². The second-order valence-corrected chi connectivity index (χ2v) is 6.77. The number of aromatic nitrogens is 1. The first-order valence-corrected chi connectivity index (χ1v) is 8.54. The van der Waals surface area contributed by atoms with E-state index >= 15 is 0 Å². The van der Waals surface area contributed by atoms with Crippen molar-refractivity contribution in [3.63, 3.8) is 0 Å². The molecule has 23 heavy (non-hydrogen) atoms. The largest absolute Gasteiger partial charge is 0.354 e. The van der Waals surface area contributed by atoms with Gasteiger partial charge < -0.3 is 20.4 Å². The number of nitrogens with zero attached hydrogens (tertiary/aromatic N) is 3. The summed E-state index contributed by atoms with van der Waals surface area (Å²) in [6.45, 7) is 6.73. The average Bonchev–Trinajstić information content (AvgIpc) is 3.39. The van der Waals surface area contributed by atoms with Crippen LogP contribution in [0.4, 0.5) is 10.6 Å². The number of piperazine rings is 1. The van der Waals surface area contributed by atoms with Gasteiger partial charge in [0.1, 0.15) is 5.82 Å². The molecule has 1 saturated carbocycles. The molecule has 0 radical (unpaired) electrons. The Hall–Kier alpha value is -1.82. The lowest BCUT2D eigenvalue weighted by atomic mass is 10.2. The Morgan fingerprint density at radius 1 is 1.35 bits per heavy atom. The predicted octanol–water partition coefficient (Wildman–Crippen LogP) is 1.43. The second-order valence-electron chi connectivity index (χ2n) is 6.77. The minimum atomic E-state index is -0.0811. The Labute approximate surface area is 138 Å². The van der Waals surface area contributed by atoms with E-state index in [1.807, 2.05) is 12.3 Å². The summed E-state index contributed by atoms with van der Waals surface area (Å²) in [4.78, 5) is 21.0. The van der Waals surface area contributed by atoms with Gasteiger partial charge in [-0.05, 0) is 50.4 Å². The third-order valence-electron chi connectivity index (χ3n) is 4.78. The Bertz CT molecular complexity index is 538. The third kappa shape index (κ3) is 4.58. The number of carbonyl (C=O) groups excluding carboxylic acids is 1. The molecule has 3 rings (SSSR count). The number of urea groups is 1. The highest BCUT2D eigenvalue weighted by Crippen LogP contribution is 2.32. The summed E-state index contributed by atoms with van der Waals surface area (Å²) in [6, 6.07) is 4.23. The maximum atomic E-state index is 11.9. The van der Waals surface area contributed by atoms with Gasteiger partial charge in [-0.3, -0.25) is 0 Å². The number of anilines is 1. The van der Waals surface area contributed by atoms with Crippen LogP contribution in [0.5, 0.6) is 0 Å². The molecule has 6 nitrogen and oxygen atoms in total. The van der Waals surface area contributed by atoms with Gasteiger partial charge in [-0.25, -0.2) is 9.78 Å². The lowest BCUT2D eigenvalue weighted by molar-refractivity contribution is 0.236. The summed E-state index contributed by atoms with van der Waals surface area (Å²) >= 11 is 0. The highest BCUT2D eigenvalue weighted by Gasteiger charge is 2.28. The van der Waals surface area contributed by atoms with Crippen LogP contribution < -0.4 is 15.5 Å². The molecule has 2 amide bonds. The van der Waals surface area contributed by atoms with Crippen LogP contribution in [-0.4, -0.2) is 55.2 Å².